The lowest BCUT2D eigenvalue weighted by molar-refractivity contribution is -0.153. The molecular weight excluding hydrogens is 176 g/mol. The topological polar surface area (TPSA) is 26.3 Å². The molecule has 2 heteroatoms. The second-order valence-electron chi connectivity index (χ2n) is 5.69. The fourth-order valence-electron chi connectivity index (χ4n) is 3.35. The summed E-state index contributed by atoms with van der Waals surface area (Å²) in [4.78, 5) is 11.9. The predicted octanol–water partition coefficient (Wildman–Crippen LogP) is 2.42. The summed E-state index contributed by atoms with van der Waals surface area (Å²) in [7, 11) is 0. The largest absolute Gasteiger partial charge is 0.381 e. The van der Waals surface area contributed by atoms with Gasteiger partial charge in [0.05, 0.1) is 6.61 Å². The average molecular weight is 196 g/mol. The van der Waals surface area contributed by atoms with E-state index in [2.05, 4.69) is 20.8 Å². The van der Waals surface area contributed by atoms with Crippen LogP contribution in [-0.2, 0) is 9.53 Å². The van der Waals surface area contributed by atoms with Crippen molar-refractivity contribution in [1.82, 2.24) is 0 Å². The summed E-state index contributed by atoms with van der Waals surface area (Å²) < 4.78 is 5.56. The normalized spacial score (nSPS) is 41.9. The van der Waals surface area contributed by atoms with Crippen LogP contribution in [0.2, 0.25) is 0 Å². The molecule has 1 unspecified atom stereocenters. The van der Waals surface area contributed by atoms with Crippen LogP contribution in [0.25, 0.3) is 0 Å². The Morgan fingerprint density at radius 2 is 2.07 bits per heavy atom. The van der Waals surface area contributed by atoms with Gasteiger partial charge in [0, 0.05) is 18.4 Å². The highest BCUT2D eigenvalue weighted by Gasteiger charge is 2.51. The third kappa shape index (κ3) is 1.31. The zero-order chi connectivity index (χ0) is 10.4. The van der Waals surface area contributed by atoms with E-state index in [1.807, 2.05) is 0 Å². The summed E-state index contributed by atoms with van der Waals surface area (Å²) in [6.45, 7) is 8.18. The highest BCUT2D eigenvalue weighted by Crippen LogP contribution is 2.52. The average Bonchev–Trinajstić information content (AvgIpc) is 2.13. The number of rotatable bonds is 0. The molecule has 0 bridgehead atoms. The molecule has 2 nitrogen and oxygen atoms in total. The lowest BCUT2D eigenvalue weighted by Gasteiger charge is -2.52. The van der Waals surface area contributed by atoms with E-state index in [-0.39, 0.29) is 10.8 Å². The van der Waals surface area contributed by atoms with Gasteiger partial charge in [-0.15, -0.1) is 0 Å². The minimum absolute atomic E-state index is 0.128. The van der Waals surface area contributed by atoms with Crippen molar-refractivity contribution in [3.63, 3.8) is 0 Å². The molecule has 0 N–H and O–H groups in total. The maximum atomic E-state index is 11.9. The molecule has 14 heavy (non-hydrogen) atoms. The molecule has 2 aliphatic rings. The lowest BCUT2D eigenvalue weighted by atomic mass is 9.54. The van der Waals surface area contributed by atoms with Gasteiger partial charge >= 0.3 is 0 Å². The predicted molar refractivity (Wildman–Crippen MR) is 55.1 cm³/mol. The number of ether oxygens (including phenoxy) is 1. The first-order valence-electron chi connectivity index (χ1n) is 5.58. The molecular formula is C12H20O2. The number of fused-ring (bicyclic) bond motifs is 1. The Bertz CT molecular complexity index is 257. The summed E-state index contributed by atoms with van der Waals surface area (Å²) >= 11 is 0. The van der Waals surface area contributed by atoms with Gasteiger partial charge in [0.2, 0.25) is 0 Å². The second-order valence-corrected chi connectivity index (χ2v) is 5.69. The van der Waals surface area contributed by atoms with Gasteiger partial charge in [-0.25, -0.2) is 0 Å². The minimum atomic E-state index is -0.128. The van der Waals surface area contributed by atoms with Crippen LogP contribution in [0.4, 0.5) is 0 Å². The minimum Gasteiger partial charge on any atom is -0.381 e. The monoisotopic (exact) mass is 196 g/mol. The van der Waals surface area contributed by atoms with E-state index in [0.29, 0.717) is 11.7 Å². The summed E-state index contributed by atoms with van der Waals surface area (Å²) in [5.74, 6) is 0.965. The van der Waals surface area contributed by atoms with Gasteiger partial charge in [0.1, 0.15) is 5.78 Å². The van der Waals surface area contributed by atoms with Gasteiger partial charge in [0.25, 0.3) is 0 Å². The quantitative estimate of drug-likeness (QED) is 0.594. The molecule has 80 valence electrons. The van der Waals surface area contributed by atoms with Crippen LogP contribution >= 0.6 is 0 Å². The van der Waals surface area contributed by atoms with E-state index < -0.39 is 0 Å². The summed E-state index contributed by atoms with van der Waals surface area (Å²) in [6, 6.07) is 0. The molecule has 2 fully saturated rings. The van der Waals surface area contributed by atoms with Crippen LogP contribution in [0.15, 0.2) is 0 Å². The Balaban J connectivity index is 2.30. The van der Waals surface area contributed by atoms with Crippen LogP contribution < -0.4 is 0 Å². The van der Waals surface area contributed by atoms with E-state index in [4.69, 9.17) is 4.74 Å². The molecule has 0 aromatic carbocycles. The molecule has 0 radical (unpaired) electrons. The zero-order valence-corrected chi connectivity index (χ0v) is 9.43. The summed E-state index contributed by atoms with van der Waals surface area (Å²) in [6.07, 6.45) is 2.80. The Labute approximate surface area is 86.0 Å². The number of carbonyl (C=O) groups is 1. The second kappa shape index (κ2) is 3.06. The van der Waals surface area contributed by atoms with Crippen molar-refractivity contribution in [2.45, 2.75) is 40.0 Å². The standard InChI is InChI=1S/C12H20O2/c1-11(2)9-5-7-14-8-12(9,3)6-4-10(11)13/h9H,4-8H2,1-3H3/t9?,12-/m1/s1. The first kappa shape index (κ1) is 10.2. The van der Waals surface area contributed by atoms with E-state index in [1.165, 1.54) is 0 Å². The first-order chi connectivity index (χ1) is 6.47. The third-order valence-electron chi connectivity index (χ3n) is 4.34. The molecule has 2 rings (SSSR count). The van der Waals surface area contributed by atoms with Crippen LogP contribution in [0.3, 0.4) is 0 Å². The van der Waals surface area contributed by atoms with Gasteiger partial charge in [-0.3, -0.25) is 4.79 Å². The molecule has 1 saturated carbocycles. The van der Waals surface area contributed by atoms with Crippen molar-refractivity contribution in [2.24, 2.45) is 16.7 Å². The maximum Gasteiger partial charge on any atom is 0.138 e. The van der Waals surface area contributed by atoms with E-state index in [0.717, 1.165) is 32.5 Å². The van der Waals surface area contributed by atoms with Gasteiger partial charge in [-0.2, -0.15) is 0 Å². The number of hydrogen-bond donors (Lipinski definition) is 0. The number of hydrogen-bond acceptors (Lipinski definition) is 2. The molecule has 1 aliphatic carbocycles. The van der Waals surface area contributed by atoms with Gasteiger partial charge in [0.15, 0.2) is 0 Å². The fourth-order valence-corrected chi connectivity index (χ4v) is 3.35. The van der Waals surface area contributed by atoms with Gasteiger partial charge in [-0.05, 0) is 24.2 Å². The molecule has 0 amide bonds. The van der Waals surface area contributed by atoms with Crippen molar-refractivity contribution in [3.8, 4) is 0 Å². The van der Waals surface area contributed by atoms with Crippen molar-refractivity contribution in [2.75, 3.05) is 13.2 Å². The lowest BCUT2D eigenvalue weighted by Crippen LogP contribution is -2.52. The van der Waals surface area contributed by atoms with Crippen LogP contribution in [0.1, 0.15) is 40.0 Å². The van der Waals surface area contributed by atoms with Gasteiger partial charge in [-0.1, -0.05) is 20.8 Å². The SMILES string of the molecule is CC1(C)C(=O)CC[C@]2(C)COCCC12. The molecule has 1 heterocycles. The maximum absolute atomic E-state index is 11.9. The summed E-state index contributed by atoms with van der Waals surface area (Å²) in [5, 5.41) is 0. The highest BCUT2D eigenvalue weighted by molar-refractivity contribution is 5.85. The van der Waals surface area contributed by atoms with E-state index >= 15 is 0 Å². The molecule has 1 saturated heterocycles. The zero-order valence-electron chi connectivity index (χ0n) is 9.43. The molecule has 0 spiro atoms. The van der Waals surface area contributed by atoms with Crippen molar-refractivity contribution in [3.05, 3.63) is 0 Å². The van der Waals surface area contributed by atoms with E-state index in [1.54, 1.807) is 0 Å². The molecule has 2 atom stereocenters. The third-order valence-corrected chi connectivity index (χ3v) is 4.34. The van der Waals surface area contributed by atoms with Crippen LogP contribution in [0.5, 0.6) is 0 Å². The first-order valence-corrected chi connectivity index (χ1v) is 5.58. The Morgan fingerprint density at radius 1 is 1.36 bits per heavy atom. The summed E-state index contributed by atoms with van der Waals surface area (Å²) in [5.41, 5.74) is 0.118. The molecule has 0 aromatic rings. The van der Waals surface area contributed by atoms with Gasteiger partial charge < -0.3 is 4.74 Å². The number of Topliss-reactive ketones (excluding diaryl/α,β-unsaturated/α-hetero) is 1. The fraction of sp³-hybridized carbons (Fsp3) is 0.917. The van der Waals surface area contributed by atoms with E-state index in [9.17, 15) is 4.79 Å². The molecule has 0 aromatic heterocycles. The highest BCUT2D eigenvalue weighted by atomic mass is 16.5. The van der Waals surface area contributed by atoms with Crippen LogP contribution in [0, 0.1) is 16.7 Å². The smallest absolute Gasteiger partial charge is 0.138 e. The molecule has 1 aliphatic heterocycles. The van der Waals surface area contributed by atoms with Crippen molar-refractivity contribution in [1.29, 1.82) is 0 Å². The Morgan fingerprint density at radius 3 is 2.79 bits per heavy atom. The number of ketones is 1. The number of carbonyl (C=O) groups excluding carboxylic acids is 1. The van der Waals surface area contributed by atoms with Crippen molar-refractivity contribution >= 4 is 5.78 Å². The Hall–Kier alpha value is -0.370. The Kier molecular flexibility index (Phi) is 2.22. The van der Waals surface area contributed by atoms with Crippen LogP contribution in [-0.4, -0.2) is 19.0 Å². The van der Waals surface area contributed by atoms with Crippen molar-refractivity contribution < 1.29 is 9.53 Å².